The predicted molar refractivity (Wildman–Crippen MR) is 74.5 cm³/mol. The molecule has 0 unspecified atom stereocenters. The Balaban J connectivity index is 2.24. The van der Waals surface area contributed by atoms with Gasteiger partial charge in [-0.1, -0.05) is 6.07 Å². The molecule has 0 fully saturated rings. The van der Waals surface area contributed by atoms with E-state index in [2.05, 4.69) is 10.1 Å². The van der Waals surface area contributed by atoms with E-state index in [9.17, 15) is 9.59 Å². The van der Waals surface area contributed by atoms with Crippen molar-refractivity contribution in [2.75, 3.05) is 18.2 Å². The van der Waals surface area contributed by atoms with Crippen molar-refractivity contribution >= 4 is 34.6 Å². The largest absolute Gasteiger partial charge is 0.465 e. The molecule has 0 saturated heterocycles. The lowest BCUT2D eigenvalue weighted by Crippen LogP contribution is -2.12. The van der Waals surface area contributed by atoms with Gasteiger partial charge in [0.25, 0.3) is 5.91 Å². The molecule has 0 aliphatic heterocycles. The number of nitrogen functional groups attached to an aromatic ring is 1. The van der Waals surface area contributed by atoms with Crippen molar-refractivity contribution < 1.29 is 14.3 Å². The zero-order chi connectivity index (χ0) is 13.8. The second-order valence-electron chi connectivity index (χ2n) is 3.73. The van der Waals surface area contributed by atoms with Crippen LogP contribution < -0.4 is 11.1 Å². The maximum absolute atomic E-state index is 11.9. The van der Waals surface area contributed by atoms with Crippen LogP contribution in [0.25, 0.3) is 0 Å². The van der Waals surface area contributed by atoms with Crippen molar-refractivity contribution in [3.05, 3.63) is 46.2 Å². The van der Waals surface area contributed by atoms with Crippen LogP contribution in [0.15, 0.2) is 35.7 Å². The minimum absolute atomic E-state index is 0.260. The number of ether oxygens (including phenoxy) is 1. The number of hydrogen-bond donors (Lipinski definition) is 2. The van der Waals surface area contributed by atoms with Crippen LogP contribution in [0.3, 0.4) is 0 Å². The Hall–Kier alpha value is -2.34. The number of esters is 1. The number of nitrogens with one attached hydrogen (secondary N) is 1. The Labute approximate surface area is 114 Å². The van der Waals surface area contributed by atoms with Crippen molar-refractivity contribution in [2.24, 2.45) is 0 Å². The van der Waals surface area contributed by atoms with Crippen molar-refractivity contribution in [3.8, 4) is 0 Å². The first-order valence-corrected chi connectivity index (χ1v) is 6.32. The molecule has 0 bridgehead atoms. The lowest BCUT2D eigenvalue weighted by molar-refractivity contribution is 0.0600. The van der Waals surface area contributed by atoms with E-state index in [4.69, 9.17) is 5.73 Å². The number of benzene rings is 1. The summed E-state index contributed by atoms with van der Waals surface area (Å²) >= 11 is 1.33. The molecule has 98 valence electrons. The first-order chi connectivity index (χ1) is 9.11. The molecule has 6 heteroatoms. The molecule has 0 aliphatic carbocycles. The number of carbonyl (C=O) groups excluding carboxylic acids is 2. The van der Waals surface area contributed by atoms with E-state index in [0.29, 0.717) is 21.8 Å². The fourth-order valence-electron chi connectivity index (χ4n) is 1.50. The summed E-state index contributed by atoms with van der Waals surface area (Å²) in [6.45, 7) is 0. The van der Waals surface area contributed by atoms with Gasteiger partial charge in [0, 0.05) is 0 Å². The summed E-state index contributed by atoms with van der Waals surface area (Å²) in [7, 11) is 1.29. The normalized spacial score (nSPS) is 9.95. The van der Waals surface area contributed by atoms with Crippen LogP contribution in [0.4, 0.5) is 11.4 Å². The van der Waals surface area contributed by atoms with Crippen LogP contribution >= 0.6 is 11.3 Å². The minimum atomic E-state index is -0.480. The highest BCUT2D eigenvalue weighted by atomic mass is 32.1. The van der Waals surface area contributed by atoms with Gasteiger partial charge in [0.15, 0.2) is 0 Å². The predicted octanol–water partition coefficient (Wildman–Crippen LogP) is 2.37. The number of carbonyl (C=O) groups is 2. The number of rotatable bonds is 3. The van der Waals surface area contributed by atoms with E-state index in [0.717, 1.165) is 0 Å². The minimum Gasteiger partial charge on any atom is -0.465 e. The molecule has 5 nitrogen and oxygen atoms in total. The Kier molecular flexibility index (Phi) is 3.82. The quantitative estimate of drug-likeness (QED) is 0.666. The number of nitrogens with two attached hydrogens (primary N) is 1. The van der Waals surface area contributed by atoms with Gasteiger partial charge in [-0.3, -0.25) is 4.79 Å². The fraction of sp³-hybridized carbons (Fsp3) is 0.0769. The smallest absolute Gasteiger partial charge is 0.337 e. The molecule has 0 radical (unpaired) electrons. The summed E-state index contributed by atoms with van der Waals surface area (Å²) in [6, 6.07) is 8.08. The van der Waals surface area contributed by atoms with Crippen LogP contribution in [-0.4, -0.2) is 19.0 Å². The van der Waals surface area contributed by atoms with E-state index in [-0.39, 0.29) is 5.91 Å². The molecule has 2 rings (SSSR count). The Morgan fingerprint density at radius 3 is 2.74 bits per heavy atom. The average molecular weight is 276 g/mol. The third-order valence-corrected chi connectivity index (χ3v) is 3.34. The zero-order valence-corrected chi connectivity index (χ0v) is 11.0. The maximum atomic E-state index is 11.9. The first kappa shape index (κ1) is 13.1. The number of methoxy groups -OCH3 is 1. The third-order valence-electron chi connectivity index (χ3n) is 2.47. The monoisotopic (exact) mass is 276 g/mol. The van der Waals surface area contributed by atoms with Crippen molar-refractivity contribution in [1.29, 1.82) is 0 Å². The standard InChI is InChI=1S/C13H12N2O3S/c1-18-13(17)8-4-5-9(14)10(7-8)15-12(16)11-3-2-6-19-11/h2-7H,14H2,1H3,(H,15,16). The fourth-order valence-corrected chi connectivity index (χ4v) is 2.12. The van der Waals surface area contributed by atoms with Gasteiger partial charge >= 0.3 is 5.97 Å². The summed E-state index contributed by atoms with van der Waals surface area (Å²) in [5.41, 5.74) is 6.88. The molecule has 0 spiro atoms. The zero-order valence-electron chi connectivity index (χ0n) is 10.2. The van der Waals surface area contributed by atoms with Gasteiger partial charge in [-0.15, -0.1) is 11.3 Å². The van der Waals surface area contributed by atoms with Crippen molar-refractivity contribution in [3.63, 3.8) is 0 Å². The highest BCUT2D eigenvalue weighted by Gasteiger charge is 2.12. The first-order valence-electron chi connectivity index (χ1n) is 5.44. The lowest BCUT2D eigenvalue weighted by Gasteiger charge is -2.08. The van der Waals surface area contributed by atoms with E-state index < -0.39 is 5.97 Å². The van der Waals surface area contributed by atoms with E-state index in [1.807, 2.05) is 5.38 Å². The highest BCUT2D eigenvalue weighted by molar-refractivity contribution is 7.12. The molecule has 19 heavy (non-hydrogen) atoms. The topological polar surface area (TPSA) is 81.4 Å². The SMILES string of the molecule is COC(=O)c1ccc(N)c(NC(=O)c2cccs2)c1. The van der Waals surface area contributed by atoms with Gasteiger partial charge in [-0.2, -0.15) is 0 Å². The Morgan fingerprint density at radius 1 is 1.32 bits per heavy atom. The van der Waals surface area contributed by atoms with Gasteiger partial charge in [0.1, 0.15) is 0 Å². The van der Waals surface area contributed by atoms with E-state index in [1.54, 1.807) is 24.3 Å². The lowest BCUT2D eigenvalue weighted by atomic mass is 10.1. The van der Waals surface area contributed by atoms with Gasteiger partial charge in [-0.05, 0) is 29.6 Å². The highest BCUT2D eigenvalue weighted by Crippen LogP contribution is 2.22. The van der Waals surface area contributed by atoms with Crippen molar-refractivity contribution in [2.45, 2.75) is 0 Å². The molecular formula is C13H12N2O3S. The van der Waals surface area contributed by atoms with Crippen LogP contribution in [0, 0.1) is 0 Å². The average Bonchev–Trinajstić information content (AvgIpc) is 2.94. The molecule has 1 heterocycles. The van der Waals surface area contributed by atoms with Gasteiger partial charge in [-0.25, -0.2) is 4.79 Å². The Morgan fingerprint density at radius 2 is 2.11 bits per heavy atom. The number of hydrogen-bond acceptors (Lipinski definition) is 5. The van der Waals surface area contributed by atoms with Gasteiger partial charge in [0.05, 0.1) is 28.9 Å². The summed E-state index contributed by atoms with van der Waals surface area (Å²) < 4.78 is 4.62. The molecule has 0 atom stereocenters. The molecule has 1 aromatic carbocycles. The Bertz CT molecular complexity index is 608. The van der Waals surface area contributed by atoms with E-state index in [1.165, 1.54) is 24.5 Å². The number of thiophene rings is 1. The van der Waals surface area contributed by atoms with Gasteiger partial charge < -0.3 is 15.8 Å². The molecule has 1 aromatic heterocycles. The second-order valence-corrected chi connectivity index (χ2v) is 4.67. The van der Waals surface area contributed by atoms with Crippen LogP contribution in [0.2, 0.25) is 0 Å². The summed E-state index contributed by atoms with van der Waals surface area (Å²) in [4.78, 5) is 23.9. The molecule has 1 amide bonds. The molecular weight excluding hydrogens is 264 g/mol. The summed E-state index contributed by atoms with van der Waals surface area (Å²) in [5.74, 6) is -0.740. The maximum Gasteiger partial charge on any atom is 0.337 e. The van der Waals surface area contributed by atoms with Crippen molar-refractivity contribution in [1.82, 2.24) is 0 Å². The summed E-state index contributed by atoms with van der Waals surface area (Å²) in [6.07, 6.45) is 0. The number of anilines is 2. The van der Waals surface area contributed by atoms with Crippen LogP contribution in [0.1, 0.15) is 20.0 Å². The van der Waals surface area contributed by atoms with Crippen LogP contribution in [0.5, 0.6) is 0 Å². The molecule has 3 N–H and O–H groups in total. The van der Waals surface area contributed by atoms with E-state index >= 15 is 0 Å². The second kappa shape index (κ2) is 5.53. The third kappa shape index (κ3) is 2.92. The van der Waals surface area contributed by atoms with Gasteiger partial charge in [0.2, 0.25) is 0 Å². The molecule has 0 saturated carbocycles. The molecule has 0 aliphatic rings. The number of amides is 1. The summed E-state index contributed by atoms with van der Waals surface area (Å²) in [5, 5.41) is 4.48. The molecule has 2 aromatic rings. The van der Waals surface area contributed by atoms with Crippen LogP contribution in [-0.2, 0) is 4.74 Å².